The van der Waals surface area contributed by atoms with E-state index in [2.05, 4.69) is 5.32 Å². The van der Waals surface area contributed by atoms with Gasteiger partial charge in [-0.2, -0.15) is 0 Å². The molecule has 0 saturated carbocycles. The standard InChI is InChI=1S/C16H16FNO3S/c1-16(2,10-3-5-11(17)6-4-10)15(21)18-9-12-7-8-13(22-12)14(19)20/h3-8H,9H2,1-2H3,(H,18,21)(H,19,20). The summed E-state index contributed by atoms with van der Waals surface area (Å²) < 4.78 is 13.0. The van der Waals surface area contributed by atoms with E-state index in [0.29, 0.717) is 5.56 Å². The van der Waals surface area contributed by atoms with Crippen LogP contribution in [0.25, 0.3) is 0 Å². The van der Waals surface area contributed by atoms with Crippen molar-refractivity contribution in [2.24, 2.45) is 0 Å². The molecule has 0 atom stereocenters. The van der Waals surface area contributed by atoms with Crippen LogP contribution < -0.4 is 5.32 Å². The van der Waals surface area contributed by atoms with E-state index in [1.54, 1.807) is 32.0 Å². The minimum absolute atomic E-state index is 0.204. The quantitative estimate of drug-likeness (QED) is 0.889. The number of rotatable bonds is 5. The highest BCUT2D eigenvalue weighted by Crippen LogP contribution is 2.24. The molecule has 0 spiro atoms. The first-order chi connectivity index (χ1) is 10.3. The molecule has 2 aromatic rings. The number of carbonyl (C=O) groups excluding carboxylic acids is 1. The number of carbonyl (C=O) groups is 2. The molecule has 0 saturated heterocycles. The molecule has 0 aliphatic heterocycles. The van der Waals surface area contributed by atoms with Gasteiger partial charge in [0.15, 0.2) is 0 Å². The second-order valence-electron chi connectivity index (χ2n) is 5.39. The number of halogens is 1. The van der Waals surface area contributed by atoms with E-state index in [-0.39, 0.29) is 23.1 Å². The zero-order chi connectivity index (χ0) is 16.3. The maximum absolute atomic E-state index is 13.0. The highest BCUT2D eigenvalue weighted by Gasteiger charge is 2.29. The van der Waals surface area contributed by atoms with Gasteiger partial charge in [0.05, 0.1) is 12.0 Å². The first kappa shape index (κ1) is 16.2. The summed E-state index contributed by atoms with van der Waals surface area (Å²) >= 11 is 1.13. The Morgan fingerprint density at radius 2 is 1.82 bits per heavy atom. The smallest absolute Gasteiger partial charge is 0.345 e. The topological polar surface area (TPSA) is 66.4 Å². The van der Waals surface area contributed by atoms with Crippen molar-refractivity contribution in [3.8, 4) is 0 Å². The fourth-order valence-electron chi connectivity index (χ4n) is 1.97. The third kappa shape index (κ3) is 3.51. The molecule has 0 bridgehead atoms. The van der Waals surface area contributed by atoms with Crippen LogP contribution in [-0.4, -0.2) is 17.0 Å². The Bertz CT molecular complexity index is 692. The van der Waals surface area contributed by atoms with Gasteiger partial charge in [0, 0.05) is 4.88 Å². The molecule has 2 rings (SSSR count). The van der Waals surface area contributed by atoms with Crippen LogP contribution in [0.3, 0.4) is 0 Å². The molecule has 0 aliphatic carbocycles. The highest BCUT2D eigenvalue weighted by atomic mass is 32.1. The van der Waals surface area contributed by atoms with Gasteiger partial charge in [-0.15, -0.1) is 11.3 Å². The predicted octanol–water partition coefficient (Wildman–Crippen LogP) is 3.18. The number of amides is 1. The van der Waals surface area contributed by atoms with Crippen molar-refractivity contribution in [3.05, 3.63) is 57.5 Å². The van der Waals surface area contributed by atoms with Gasteiger partial charge >= 0.3 is 5.97 Å². The average molecular weight is 321 g/mol. The molecule has 1 aromatic heterocycles. The Kier molecular flexibility index (Phi) is 4.61. The lowest BCUT2D eigenvalue weighted by atomic mass is 9.83. The summed E-state index contributed by atoms with van der Waals surface area (Å²) in [6.07, 6.45) is 0. The van der Waals surface area contributed by atoms with Crippen LogP contribution in [0.4, 0.5) is 4.39 Å². The summed E-state index contributed by atoms with van der Waals surface area (Å²) in [7, 11) is 0. The summed E-state index contributed by atoms with van der Waals surface area (Å²) in [6, 6.07) is 9.01. The van der Waals surface area contributed by atoms with E-state index in [0.717, 1.165) is 16.2 Å². The largest absolute Gasteiger partial charge is 0.477 e. The minimum Gasteiger partial charge on any atom is -0.477 e. The number of carboxylic acid groups (broad SMARTS) is 1. The minimum atomic E-state index is -0.978. The first-order valence-electron chi connectivity index (χ1n) is 6.67. The van der Waals surface area contributed by atoms with Gasteiger partial charge in [-0.25, -0.2) is 9.18 Å². The molecular formula is C16H16FNO3S. The van der Waals surface area contributed by atoms with E-state index in [9.17, 15) is 14.0 Å². The third-order valence-corrected chi connectivity index (χ3v) is 4.50. The van der Waals surface area contributed by atoms with Crippen LogP contribution in [0.15, 0.2) is 36.4 Å². The van der Waals surface area contributed by atoms with Crippen molar-refractivity contribution in [2.75, 3.05) is 0 Å². The second kappa shape index (κ2) is 6.27. The average Bonchev–Trinajstić information content (AvgIpc) is 2.94. The normalized spacial score (nSPS) is 11.2. The van der Waals surface area contributed by atoms with Crippen LogP contribution in [-0.2, 0) is 16.8 Å². The monoisotopic (exact) mass is 321 g/mol. The molecule has 1 amide bonds. The van der Waals surface area contributed by atoms with Crippen molar-refractivity contribution in [2.45, 2.75) is 25.8 Å². The summed E-state index contributed by atoms with van der Waals surface area (Å²) in [4.78, 5) is 24.2. The number of aromatic carboxylic acids is 1. The van der Waals surface area contributed by atoms with Crippen molar-refractivity contribution in [3.63, 3.8) is 0 Å². The summed E-state index contributed by atoms with van der Waals surface area (Å²) in [6.45, 7) is 3.78. The second-order valence-corrected chi connectivity index (χ2v) is 6.55. The van der Waals surface area contributed by atoms with E-state index in [1.807, 2.05) is 0 Å². The zero-order valence-electron chi connectivity index (χ0n) is 12.2. The Hall–Kier alpha value is -2.21. The van der Waals surface area contributed by atoms with Gasteiger partial charge in [-0.3, -0.25) is 4.79 Å². The van der Waals surface area contributed by atoms with E-state index < -0.39 is 11.4 Å². The van der Waals surface area contributed by atoms with Crippen molar-refractivity contribution in [1.29, 1.82) is 0 Å². The van der Waals surface area contributed by atoms with Crippen LogP contribution in [0.5, 0.6) is 0 Å². The number of carboxylic acids is 1. The van der Waals surface area contributed by atoms with Crippen LogP contribution in [0.2, 0.25) is 0 Å². The molecule has 1 heterocycles. The number of benzene rings is 1. The van der Waals surface area contributed by atoms with Crippen LogP contribution in [0, 0.1) is 5.82 Å². The molecule has 6 heteroatoms. The lowest BCUT2D eigenvalue weighted by Crippen LogP contribution is -2.39. The SMILES string of the molecule is CC(C)(C(=O)NCc1ccc(C(=O)O)s1)c1ccc(F)cc1. The number of hydrogen-bond donors (Lipinski definition) is 2. The molecule has 0 radical (unpaired) electrons. The number of thiophene rings is 1. The Labute approximate surface area is 131 Å². The Morgan fingerprint density at radius 3 is 2.36 bits per heavy atom. The fraction of sp³-hybridized carbons (Fsp3) is 0.250. The molecule has 116 valence electrons. The summed E-state index contributed by atoms with van der Waals surface area (Å²) in [5, 5.41) is 11.7. The summed E-state index contributed by atoms with van der Waals surface area (Å²) in [5.41, 5.74) is -0.0931. The maximum atomic E-state index is 13.0. The molecule has 4 nitrogen and oxygen atoms in total. The third-order valence-electron chi connectivity index (χ3n) is 3.43. The molecule has 0 fully saturated rings. The summed E-state index contributed by atoms with van der Waals surface area (Å²) in [5.74, 6) is -1.53. The van der Waals surface area contributed by atoms with E-state index in [1.165, 1.54) is 18.2 Å². The number of nitrogens with one attached hydrogen (secondary N) is 1. The van der Waals surface area contributed by atoms with E-state index >= 15 is 0 Å². The van der Waals surface area contributed by atoms with Gasteiger partial charge in [0.1, 0.15) is 10.7 Å². The first-order valence-corrected chi connectivity index (χ1v) is 7.48. The van der Waals surface area contributed by atoms with Crippen molar-refractivity contribution < 1.29 is 19.1 Å². The van der Waals surface area contributed by atoms with Gasteiger partial charge in [-0.1, -0.05) is 12.1 Å². The van der Waals surface area contributed by atoms with Gasteiger partial charge < -0.3 is 10.4 Å². The fourth-order valence-corrected chi connectivity index (χ4v) is 2.76. The lowest BCUT2D eigenvalue weighted by Gasteiger charge is -2.24. The van der Waals surface area contributed by atoms with Crippen LogP contribution >= 0.6 is 11.3 Å². The van der Waals surface area contributed by atoms with Gasteiger partial charge in [-0.05, 0) is 43.7 Å². The highest BCUT2D eigenvalue weighted by molar-refractivity contribution is 7.13. The van der Waals surface area contributed by atoms with Crippen molar-refractivity contribution >= 4 is 23.2 Å². The number of hydrogen-bond acceptors (Lipinski definition) is 3. The van der Waals surface area contributed by atoms with E-state index in [4.69, 9.17) is 5.11 Å². The lowest BCUT2D eigenvalue weighted by molar-refractivity contribution is -0.125. The molecule has 2 N–H and O–H groups in total. The molecule has 22 heavy (non-hydrogen) atoms. The zero-order valence-corrected chi connectivity index (χ0v) is 13.0. The maximum Gasteiger partial charge on any atom is 0.345 e. The molecular weight excluding hydrogens is 305 g/mol. The molecule has 1 aromatic carbocycles. The van der Waals surface area contributed by atoms with Gasteiger partial charge in [0.2, 0.25) is 5.91 Å². The predicted molar refractivity (Wildman–Crippen MR) is 82.6 cm³/mol. The van der Waals surface area contributed by atoms with Crippen LogP contribution in [0.1, 0.15) is 34.0 Å². The Balaban J connectivity index is 2.04. The molecule has 0 aliphatic rings. The Morgan fingerprint density at radius 1 is 1.18 bits per heavy atom. The van der Waals surface area contributed by atoms with Gasteiger partial charge in [0.25, 0.3) is 0 Å². The van der Waals surface area contributed by atoms with Crippen molar-refractivity contribution in [1.82, 2.24) is 5.32 Å². The molecule has 0 unspecified atom stereocenters.